The number of carbonyl (C=O) groups is 2. The number of ether oxygens (including phenoxy) is 3. The average molecular weight is 248 g/mol. The number of benzene rings is 1. The maximum Gasteiger partial charge on any atom is 0.334 e. The van der Waals surface area contributed by atoms with Crippen molar-refractivity contribution in [3.63, 3.8) is 0 Å². The van der Waals surface area contributed by atoms with Gasteiger partial charge in [0.2, 0.25) is 5.78 Å². The van der Waals surface area contributed by atoms with Crippen LogP contribution < -0.4 is 9.47 Å². The average Bonchev–Trinajstić information content (AvgIpc) is 2.66. The molecule has 1 aromatic rings. The van der Waals surface area contributed by atoms with Crippen molar-refractivity contribution in [2.45, 2.75) is 6.92 Å². The summed E-state index contributed by atoms with van der Waals surface area (Å²) in [5.74, 6) is 0.00636. The van der Waals surface area contributed by atoms with Crippen molar-refractivity contribution in [3.8, 4) is 11.5 Å². The molecule has 5 nitrogen and oxygen atoms in total. The molecule has 1 heterocycles. The van der Waals surface area contributed by atoms with E-state index in [0.29, 0.717) is 17.1 Å². The Morgan fingerprint density at radius 2 is 2.22 bits per heavy atom. The van der Waals surface area contributed by atoms with E-state index >= 15 is 0 Å². The van der Waals surface area contributed by atoms with E-state index in [9.17, 15) is 9.59 Å². The van der Waals surface area contributed by atoms with Crippen LogP contribution in [-0.4, -0.2) is 25.5 Å². The quantitative estimate of drug-likeness (QED) is 0.602. The summed E-state index contributed by atoms with van der Waals surface area (Å²) in [7, 11) is 1.52. The number of hydrogen-bond acceptors (Lipinski definition) is 5. The summed E-state index contributed by atoms with van der Waals surface area (Å²) in [6.45, 7) is 1.94. The SMILES string of the molecule is CCOC(=O)/C=C1/Oc2cc(OC)ccc2C1=O. The second-order valence-electron chi connectivity index (χ2n) is 3.55. The molecule has 94 valence electrons. The van der Waals surface area contributed by atoms with Crippen molar-refractivity contribution in [1.29, 1.82) is 0 Å². The summed E-state index contributed by atoms with van der Waals surface area (Å²) in [4.78, 5) is 23.2. The van der Waals surface area contributed by atoms with E-state index in [1.807, 2.05) is 0 Å². The third kappa shape index (κ3) is 2.20. The van der Waals surface area contributed by atoms with Gasteiger partial charge in [-0.3, -0.25) is 4.79 Å². The highest BCUT2D eigenvalue weighted by Crippen LogP contribution is 2.33. The summed E-state index contributed by atoms with van der Waals surface area (Å²) >= 11 is 0. The largest absolute Gasteiger partial charge is 0.497 e. The van der Waals surface area contributed by atoms with Gasteiger partial charge in [-0.05, 0) is 19.1 Å². The molecule has 0 bridgehead atoms. The number of ketones is 1. The summed E-state index contributed by atoms with van der Waals surface area (Å²) in [5, 5.41) is 0. The zero-order chi connectivity index (χ0) is 13.1. The van der Waals surface area contributed by atoms with Crippen molar-refractivity contribution in [2.24, 2.45) is 0 Å². The number of Topliss-reactive ketones (excluding diaryl/α,β-unsaturated/α-hetero) is 1. The Balaban J connectivity index is 2.27. The molecule has 0 fully saturated rings. The standard InChI is InChI=1S/C13H12O5/c1-3-17-12(14)7-11-13(15)9-5-4-8(16-2)6-10(9)18-11/h4-7H,3H2,1-2H3/b11-7+. The first-order chi connectivity index (χ1) is 8.65. The Morgan fingerprint density at radius 1 is 1.44 bits per heavy atom. The van der Waals surface area contributed by atoms with Crippen LogP contribution >= 0.6 is 0 Å². The lowest BCUT2D eigenvalue weighted by Gasteiger charge is -2.01. The highest BCUT2D eigenvalue weighted by molar-refractivity contribution is 6.14. The molecular weight excluding hydrogens is 236 g/mol. The molecule has 1 aliphatic heterocycles. The Hall–Kier alpha value is -2.30. The Kier molecular flexibility index (Phi) is 3.32. The van der Waals surface area contributed by atoms with Gasteiger partial charge < -0.3 is 14.2 Å². The molecule has 0 saturated carbocycles. The Labute approximate surface area is 104 Å². The zero-order valence-electron chi connectivity index (χ0n) is 10.1. The number of fused-ring (bicyclic) bond motifs is 1. The van der Waals surface area contributed by atoms with Gasteiger partial charge in [0.15, 0.2) is 5.76 Å². The maximum atomic E-state index is 11.9. The molecule has 18 heavy (non-hydrogen) atoms. The van der Waals surface area contributed by atoms with Crippen LogP contribution in [0.25, 0.3) is 0 Å². The van der Waals surface area contributed by atoms with E-state index in [1.165, 1.54) is 7.11 Å². The van der Waals surface area contributed by atoms with Gasteiger partial charge in [-0.15, -0.1) is 0 Å². The fraction of sp³-hybridized carbons (Fsp3) is 0.231. The van der Waals surface area contributed by atoms with E-state index in [4.69, 9.17) is 14.2 Å². The molecule has 0 N–H and O–H groups in total. The molecule has 1 aromatic carbocycles. The molecular formula is C13H12O5. The lowest BCUT2D eigenvalue weighted by molar-refractivity contribution is -0.137. The first-order valence-corrected chi connectivity index (χ1v) is 5.44. The number of methoxy groups -OCH3 is 1. The van der Waals surface area contributed by atoms with Gasteiger partial charge in [-0.1, -0.05) is 0 Å². The fourth-order valence-corrected chi connectivity index (χ4v) is 1.59. The summed E-state index contributed by atoms with van der Waals surface area (Å²) in [5.41, 5.74) is 0.409. The molecule has 0 spiro atoms. The number of rotatable bonds is 3. The van der Waals surface area contributed by atoms with Crippen LogP contribution in [0.1, 0.15) is 17.3 Å². The molecule has 0 saturated heterocycles. The molecule has 0 aromatic heterocycles. The normalized spacial score (nSPS) is 15.2. The summed E-state index contributed by atoms with van der Waals surface area (Å²) in [6.07, 6.45) is 1.05. The Morgan fingerprint density at radius 3 is 2.89 bits per heavy atom. The number of esters is 1. The van der Waals surface area contributed by atoms with E-state index in [1.54, 1.807) is 25.1 Å². The van der Waals surface area contributed by atoms with E-state index in [0.717, 1.165) is 6.08 Å². The molecule has 0 unspecified atom stereocenters. The van der Waals surface area contributed by atoms with Gasteiger partial charge >= 0.3 is 5.97 Å². The molecule has 0 amide bonds. The van der Waals surface area contributed by atoms with Gasteiger partial charge in [0.25, 0.3) is 0 Å². The first kappa shape index (κ1) is 12.2. The Bertz CT molecular complexity index is 530. The van der Waals surface area contributed by atoms with Crippen molar-refractivity contribution in [3.05, 3.63) is 35.6 Å². The van der Waals surface area contributed by atoms with Gasteiger partial charge in [-0.25, -0.2) is 4.79 Å². The minimum absolute atomic E-state index is 0.0308. The van der Waals surface area contributed by atoms with Gasteiger partial charge in [0.05, 0.1) is 25.4 Å². The van der Waals surface area contributed by atoms with Gasteiger partial charge in [0.1, 0.15) is 11.5 Å². The highest BCUT2D eigenvalue weighted by Gasteiger charge is 2.28. The topological polar surface area (TPSA) is 61.8 Å². The van der Waals surface area contributed by atoms with E-state index in [2.05, 4.69) is 0 Å². The summed E-state index contributed by atoms with van der Waals surface area (Å²) < 4.78 is 15.1. The van der Waals surface area contributed by atoms with Crippen molar-refractivity contribution >= 4 is 11.8 Å². The molecule has 0 radical (unpaired) electrons. The predicted octanol–water partition coefficient (Wildman–Crippen LogP) is 1.72. The molecule has 1 aliphatic rings. The predicted molar refractivity (Wildman–Crippen MR) is 62.7 cm³/mol. The highest BCUT2D eigenvalue weighted by atomic mass is 16.5. The monoisotopic (exact) mass is 248 g/mol. The zero-order valence-corrected chi connectivity index (χ0v) is 10.1. The minimum atomic E-state index is -0.597. The van der Waals surface area contributed by atoms with Gasteiger partial charge in [-0.2, -0.15) is 0 Å². The maximum absolute atomic E-state index is 11.9. The third-order valence-electron chi connectivity index (χ3n) is 2.41. The smallest absolute Gasteiger partial charge is 0.334 e. The second-order valence-corrected chi connectivity index (χ2v) is 3.55. The van der Waals surface area contributed by atoms with Crippen LogP contribution in [0.3, 0.4) is 0 Å². The van der Waals surface area contributed by atoms with E-state index in [-0.39, 0.29) is 18.1 Å². The van der Waals surface area contributed by atoms with Crippen LogP contribution in [0.5, 0.6) is 11.5 Å². The van der Waals surface area contributed by atoms with Crippen molar-refractivity contribution < 1.29 is 23.8 Å². The van der Waals surface area contributed by atoms with E-state index < -0.39 is 5.97 Å². The minimum Gasteiger partial charge on any atom is -0.497 e. The molecule has 0 atom stereocenters. The van der Waals surface area contributed by atoms with Crippen molar-refractivity contribution in [2.75, 3.05) is 13.7 Å². The molecule has 5 heteroatoms. The number of allylic oxidation sites excluding steroid dienone is 1. The third-order valence-corrected chi connectivity index (χ3v) is 2.41. The number of hydrogen-bond donors (Lipinski definition) is 0. The van der Waals surface area contributed by atoms with Gasteiger partial charge in [0, 0.05) is 6.07 Å². The molecule has 0 aliphatic carbocycles. The lowest BCUT2D eigenvalue weighted by atomic mass is 10.1. The lowest BCUT2D eigenvalue weighted by Crippen LogP contribution is -2.06. The first-order valence-electron chi connectivity index (χ1n) is 5.44. The number of carbonyl (C=O) groups excluding carboxylic acids is 2. The van der Waals surface area contributed by atoms with Crippen LogP contribution in [0.2, 0.25) is 0 Å². The molecule has 2 rings (SSSR count). The van der Waals surface area contributed by atoms with Crippen LogP contribution in [0, 0.1) is 0 Å². The van der Waals surface area contributed by atoms with Crippen LogP contribution in [0.4, 0.5) is 0 Å². The van der Waals surface area contributed by atoms with Crippen LogP contribution in [0.15, 0.2) is 30.0 Å². The fourth-order valence-electron chi connectivity index (χ4n) is 1.59. The van der Waals surface area contributed by atoms with Crippen LogP contribution in [-0.2, 0) is 9.53 Å². The second kappa shape index (κ2) is 4.91. The van der Waals surface area contributed by atoms with Crippen molar-refractivity contribution in [1.82, 2.24) is 0 Å². The summed E-state index contributed by atoms with van der Waals surface area (Å²) in [6, 6.07) is 4.86.